The SMILES string of the molecule is CCN1C(SC)=NC(c2ccc(C#N)cc2)=C(C(=O)Oc2cccc(C(F)(F)F)c2)C1C. The quantitative estimate of drug-likeness (QED) is 0.456. The van der Waals surface area contributed by atoms with Crippen molar-refractivity contribution in [3.63, 3.8) is 0 Å². The number of hydrogen-bond acceptors (Lipinski definition) is 6. The average Bonchev–Trinajstić information content (AvgIpc) is 2.77. The highest BCUT2D eigenvalue weighted by Crippen LogP contribution is 2.34. The molecule has 1 aliphatic heterocycles. The molecule has 32 heavy (non-hydrogen) atoms. The lowest BCUT2D eigenvalue weighted by Crippen LogP contribution is -2.43. The van der Waals surface area contributed by atoms with Crippen LogP contribution < -0.4 is 4.74 Å². The molecule has 166 valence electrons. The number of alkyl halides is 3. The van der Waals surface area contributed by atoms with Crippen LogP contribution in [0.2, 0.25) is 0 Å². The highest BCUT2D eigenvalue weighted by Gasteiger charge is 2.35. The molecule has 0 aliphatic carbocycles. The maximum atomic E-state index is 13.2. The Labute approximate surface area is 188 Å². The van der Waals surface area contributed by atoms with Gasteiger partial charge in [0.05, 0.1) is 34.5 Å². The zero-order chi connectivity index (χ0) is 23.5. The Morgan fingerprint density at radius 2 is 1.94 bits per heavy atom. The van der Waals surface area contributed by atoms with Gasteiger partial charge in [-0.1, -0.05) is 30.0 Å². The first-order valence-electron chi connectivity index (χ1n) is 9.73. The van der Waals surface area contributed by atoms with Gasteiger partial charge in [0.15, 0.2) is 5.17 Å². The zero-order valence-electron chi connectivity index (χ0n) is 17.6. The highest BCUT2D eigenvalue weighted by atomic mass is 32.2. The van der Waals surface area contributed by atoms with Gasteiger partial charge in [-0.2, -0.15) is 18.4 Å². The minimum absolute atomic E-state index is 0.202. The highest BCUT2D eigenvalue weighted by molar-refractivity contribution is 8.13. The van der Waals surface area contributed by atoms with Crippen LogP contribution in [0.25, 0.3) is 5.70 Å². The number of benzene rings is 2. The van der Waals surface area contributed by atoms with Gasteiger partial charge in [0.2, 0.25) is 0 Å². The fourth-order valence-corrected chi connectivity index (χ4v) is 4.10. The molecule has 0 fully saturated rings. The largest absolute Gasteiger partial charge is 0.423 e. The van der Waals surface area contributed by atoms with Crippen molar-refractivity contribution in [1.82, 2.24) is 4.90 Å². The van der Waals surface area contributed by atoms with Crippen molar-refractivity contribution in [2.45, 2.75) is 26.1 Å². The monoisotopic (exact) mass is 459 g/mol. The van der Waals surface area contributed by atoms with E-state index in [0.29, 0.717) is 28.5 Å². The number of carbonyl (C=O) groups excluding carboxylic acids is 1. The summed E-state index contributed by atoms with van der Waals surface area (Å²) < 4.78 is 44.5. The van der Waals surface area contributed by atoms with Crippen LogP contribution in [0.4, 0.5) is 13.2 Å². The van der Waals surface area contributed by atoms with Crippen LogP contribution in [0.3, 0.4) is 0 Å². The van der Waals surface area contributed by atoms with Gasteiger partial charge < -0.3 is 9.64 Å². The fourth-order valence-electron chi connectivity index (χ4n) is 3.40. The van der Waals surface area contributed by atoms with E-state index < -0.39 is 23.8 Å². The smallest absolute Gasteiger partial charge is 0.416 e. The molecule has 0 N–H and O–H groups in total. The van der Waals surface area contributed by atoms with Crippen LogP contribution in [-0.2, 0) is 11.0 Å². The molecular weight excluding hydrogens is 439 g/mol. The van der Waals surface area contributed by atoms with Crippen LogP contribution in [0.15, 0.2) is 59.1 Å². The minimum atomic E-state index is -4.55. The van der Waals surface area contributed by atoms with Crippen molar-refractivity contribution in [2.75, 3.05) is 12.8 Å². The van der Waals surface area contributed by atoms with Crippen molar-refractivity contribution in [2.24, 2.45) is 4.99 Å². The lowest BCUT2D eigenvalue weighted by atomic mass is 9.98. The Balaban J connectivity index is 2.08. The van der Waals surface area contributed by atoms with E-state index in [2.05, 4.69) is 4.99 Å². The number of amidine groups is 1. The number of halogens is 3. The molecule has 0 amide bonds. The number of thioether (sulfide) groups is 1. The first-order chi connectivity index (χ1) is 15.2. The zero-order valence-corrected chi connectivity index (χ0v) is 18.4. The van der Waals surface area contributed by atoms with E-state index in [1.807, 2.05) is 31.1 Å². The first kappa shape index (κ1) is 23.4. The summed E-state index contributed by atoms with van der Waals surface area (Å²) in [6.07, 6.45) is -2.68. The van der Waals surface area contributed by atoms with Crippen LogP contribution in [0, 0.1) is 11.3 Å². The van der Waals surface area contributed by atoms with E-state index >= 15 is 0 Å². The molecule has 9 heteroatoms. The Morgan fingerprint density at radius 1 is 1.25 bits per heavy atom. The van der Waals surface area contributed by atoms with Gasteiger partial charge in [0.1, 0.15) is 5.75 Å². The summed E-state index contributed by atoms with van der Waals surface area (Å²) in [7, 11) is 0. The third kappa shape index (κ3) is 4.81. The maximum Gasteiger partial charge on any atom is 0.416 e. The number of nitrogens with zero attached hydrogens (tertiary/aromatic N) is 3. The molecule has 2 aromatic rings. The van der Waals surface area contributed by atoms with Crippen LogP contribution >= 0.6 is 11.8 Å². The molecule has 2 aromatic carbocycles. The van der Waals surface area contributed by atoms with Crippen LogP contribution in [-0.4, -0.2) is 34.9 Å². The Bertz CT molecular complexity index is 1120. The predicted molar refractivity (Wildman–Crippen MR) is 118 cm³/mol. The van der Waals surface area contributed by atoms with Crippen molar-refractivity contribution >= 4 is 28.6 Å². The van der Waals surface area contributed by atoms with Gasteiger partial charge in [-0.15, -0.1) is 0 Å². The number of ether oxygens (including phenoxy) is 1. The molecule has 0 spiro atoms. The normalized spacial score (nSPS) is 16.5. The van der Waals surface area contributed by atoms with Crippen molar-refractivity contribution in [1.29, 1.82) is 5.26 Å². The number of nitriles is 1. The predicted octanol–water partition coefficient (Wildman–Crippen LogP) is 5.34. The Kier molecular flexibility index (Phi) is 6.94. The van der Waals surface area contributed by atoms with Gasteiger partial charge in [-0.05, 0) is 50.4 Å². The van der Waals surface area contributed by atoms with E-state index in [1.54, 1.807) is 24.3 Å². The maximum absolute atomic E-state index is 13.2. The molecular formula is C23H20F3N3O2S. The van der Waals surface area contributed by atoms with Gasteiger partial charge in [0.25, 0.3) is 0 Å². The third-order valence-electron chi connectivity index (χ3n) is 5.00. The fraction of sp³-hybridized carbons (Fsp3) is 0.261. The van der Waals surface area contributed by atoms with E-state index in [0.717, 1.165) is 12.1 Å². The second-order valence-corrected chi connectivity index (χ2v) is 7.70. The van der Waals surface area contributed by atoms with Gasteiger partial charge >= 0.3 is 12.1 Å². The number of hydrogen-bond donors (Lipinski definition) is 0. The van der Waals surface area contributed by atoms with Crippen LogP contribution in [0.5, 0.6) is 5.75 Å². The number of likely N-dealkylation sites (N-methyl/N-ethyl adjacent to an activating group) is 1. The summed E-state index contributed by atoms with van der Waals surface area (Å²) in [4.78, 5) is 19.8. The molecule has 0 saturated heterocycles. The Morgan fingerprint density at radius 3 is 2.50 bits per heavy atom. The third-order valence-corrected chi connectivity index (χ3v) is 5.69. The van der Waals surface area contributed by atoms with E-state index in [1.165, 1.54) is 23.9 Å². The number of rotatable bonds is 4. The summed E-state index contributed by atoms with van der Waals surface area (Å²) in [6.45, 7) is 4.31. The van der Waals surface area contributed by atoms with Crippen LogP contribution in [0.1, 0.15) is 30.5 Å². The standard InChI is InChI=1S/C23H20F3N3O2S/c1-4-29-14(2)19(21(30)31-18-7-5-6-17(12-18)23(24,25)26)20(28-22(29)32-3)16-10-8-15(13-27)9-11-16/h5-12,14H,4H2,1-3H3. The van der Waals surface area contributed by atoms with Crippen molar-refractivity contribution in [3.8, 4) is 11.8 Å². The van der Waals surface area contributed by atoms with E-state index in [-0.39, 0.29) is 11.3 Å². The second-order valence-electron chi connectivity index (χ2n) is 6.93. The Hall–Kier alpha value is -3.25. The number of aliphatic imine (C=N–C) groups is 1. The average molecular weight is 459 g/mol. The molecule has 3 rings (SSSR count). The van der Waals surface area contributed by atoms with Gasteiger partial charge in [-0.25, -0.2) is 9.79 Å². The summed E-state index contributed by atoms with van der Waals surface area (Å²) in [6, 6.07) is 12.4. The molecule has 0 aromatic heterocycles. The molecule has 0 bridgehead atoms. The molecule has 1 aliphatic rings. The van der Waals surface area contributed by atoms with Crippen molar-refractivity contribution in [3.05, 3.63) is 70.8 Å². The van der Waals surface area contributed by atoms with Crippen molar-refractivity contribution < 1.29 is 22.7 Å². The summed E-state index contributed by atoms with van der Waals surface area (Å²) >= 11 is 1.42. The molecule has 1 heterocycles. The topological polar surface area (TPSA) is 65.7 Å². The summed E-state index contributed by atoms with van der Waals surface area (Å²) in [5.74, 6) is -0.982. The lowest BCUT2D eigenvalue weighted by molar-refractivity contribution is -0.138. The number of esters is 1. The minimum Gasteiger partial charge on any atom is -0.423 e. The molecule has 5 nitrogen and oxygen atoms in total. The van der Waals surface area contributed by atoms with E-state index in [4.69, 9.17) is 10.00 Å². The second kappa shape index (κ2) is 9.49. The molecule has 0 saturated carbocycles. The molecule has 1 unspecified atom stereocenters. The lowest BCUT2D eigenvalue weighted by Gasteiger charge is -2.35. The summed E-state index contributed by atoms with van der Waals surface area (Å²) in [5, 5.41) is 9.76. The molecule has 1 atom stereocenters. The summed E-state index contributed by atoms with van der Waals surface area (Å²) in [5.41, 5.74) is 0.753. The van der Waals surface area contributed by atoms with Gasteiger partial charge in [0, 0.05) is 12.1 Å². The van der Waals surface area contributed by atoms with E-state index in [9.17, 15) is 18.0 Å². The van der Waals surface area contributed by atoms with Gasteiger partial charge in [-0.3, -0.25) is 0 Å². The number of carbonyl (C=O) groups is 1. The molecule has 0 radical (unpaired) electrons. The first-order valence-corrected chi connectivity index (χ1v) is 11.0.